The minimum atomic E-state index is -2.84. The molecule has 4 rings (SSSR count). The Kier molecular flexibility index (Phi) is 5.43. The number of benzene rings is 2. The number of ether oxygens (including phenoxy) is 2. The third kappa shape index (κ3) is 4.25. The average molecular weight is 388 g/mol. The van der Waals surface area contributed by atoms with Crippen molar-refractivity contribution in [3.8, 4) is 11.5 Å². The zero-order valence-corrected chi connectivity index (χ0v) is 15.4. The summed E-state index contributed by atoms with van der Waals surface area (Å²) in [6.07, 6.45) is 1.51. The van der Waals surface area contributed by atoms with Gasteiger partial charge in [-0.05, 0) is 35.7 Å². The number of amides is 1. The monoisotopic (exact) mass is 388 g/mol. The van der Waals surface area contributed by atoms with Crippen LogP contribution < -0.4 is 14.8 Å². The van der Waals surface area contributed by atoms with Crippen molar-refractivity contribution in [1.82, 2.24) is 10.2 Å². The van der Waals surface area contributed by atoms with Crippen LogP contribution in [-0.4, -0.2) is 37.1 Å². The van der Waals surface area contributed by atoms with Crippen molar-refractivity contribution >= 4 is 5.91 Å². The number of nitrogens with one attached hydrogen (secondary N) is 1. The fourth-order valence-electron chi connectivity index (χ4n) is 3.84. The van der Waals surface area contributed by atoms with E-state index in [2.05, 4.69) is 10.1 Å². The second-order valence-electron chi connectivity index (χ2n) is 7.06. The summed E-state index contributed by atoms with van der Waals surface area (Å²) in [6.45, 7) is -0.719. The predicted molar refractivity (Wildman–Crippen MR) is 99.5 cm³/mol. The predicted octanol–water partition coefficient (Wildman–Crippen LogP) is 3.29. The topological polar surface area (TPSA) is 50.8 Å². The van der Waals surface area contributed by atoms with Gasteiger partial charge in [0.25, 0.3) is 0 Å². The summed E-state index contributed by atoms with van der Waals surface area (Å²) in [6, 6.07) is 12.7. The van der Waals surface area contributed by atoms with Gasteiger partial charge in [0.15, 0.2) is 0 Å². The number of halogens is 2. The maximum absolute atomic E-state index is 12.6. The van der Waals surface area contributed by atoms with E-state index in [1.807, 2.05) is 35.2 Å². The van der Waals surface area contributed by atoms with E-state index in [1.165, 1.54) is 0 Å². The largest absolute Gasteiger partial charge is 0.493 e. The van der Waals surface area contributed by atoms with Crippen LogP contribution in [-0.2, 0) is 17.8 Å². The number of alkyl halides is 2. The Morgan fingerprint density at radius 3 is 2.96 bits per heavy atom. The Bertz CT molecular complexity index is 859. The summed E-state index contributed by atoms with van der Waals surface area (Å²) in [7, 11) is 0. The molecule has 1 N–H and O–H groups in total. The molecule has 2 aliphatic rings. The van der Waals surface area contributed by atoms with E-state index in [1.54, 1.807) is 12.1 Å². The highest BCUT2D eigenvalue weighted by molar-refractivity contribution is 5.78. The van der Waals surface area contributed by atoms with Crippen LogP contribution in [0.5, 0.6) is 11.5 Å². The molecule has 5 nitrogen and oxygen atoms in total. The molecule has 0 fully saturated rings. The highest BCUT2D eigenvalue weighted by Gasteiger charge is 2.24. The van der Waals surface area contributed by atoms with Crippen LogP contribution >= 0.6 is 0 Å². The van der Waals surface area contributed by atoms with Crippen molar-refractivity contribution in [2.24, 2.45) is 0 Å². The molecule has 0 bridgehead atoms. The molecular formula is C21H22F2N2O3. The van der Waals surface area contributed by atoms with Crippen molar-refractivity contribution in [2.75, 3.05) is 19.7 Å². The molecule has 1 amide bonds. The van der Waals surface area contributed by atoms with Gasteiger partial charge in [-0.15, -0.1) is 0 Å². The van der Waals surface area contributed by atoms with E-state index in [9.17, 15) is 13.6 Å². The van der Waals surface area contributed by atoms with Gasteiger partial charge in [-0.3, -0.25) is 9.69 Å². The number of hydrogen-bond acceptors (Lipinski definition) is 4. The molecule has 0 spiro atoms. The molecule has 2 aromatic carbocycles. The van der Waals surface area contributed by atoms with Crippen LogP contribution in [0.15, 0.2) is 42.5 Å². The van der Waals surface area contributed by atoms with Gasteiger partial charge in [0.05, 0.1) is 19.2 Å². The molecule has 0 saturated heterocycles. The van der Waals surface area contributed by atoms with Crippen LogP contribution in [0, 0.1) is 0 Å². The van der Waals surface area contributed by atoms with Gasteiger partial charge in [0, 0.05) is 25.1 Å². The highest BCUT2D eigenvalue weighted by atomic mass is 19.3. The van der Waals surface area contributed by atoms with E-state index >= 15 is 0 Å². The van der Waals surface area contributed by atoms with Crippen molar-refractivity contribution in [2.45, 2.75) is 32.0 Å². The lowest BCUT2D eigenvalue weighted by molar-refractivity contribution is -0.123. The first kappa shape index (κ1) is 18.7. The molecule has 1 atom stereocenters. The van der Waals surface area contributed by atoms with E-state index < -0.39 is 6.61 Å². The Labute approximate surface area is 162 Å². The first-order chi connectivity index (χ1) is 13.6. The summed E-state index contributed by atoms with van der Waals surface area (Å²) < 4.78 is 35.0. The molecule has 0 saturated carbocycles. The summed E-state index contributed by atoms with van der Waals surface area (Å²) in [5.41, 5.74) is 3.03. The second kappa shape index (κ2) is 8.14. The van der Waals surface area contributed by atoms with E-state index in [0.717, 1.165) is 41.8 Å². The third-order valence-corrected chi connectivity index (χ3v) is 5.16. The molecule has 2 aliphatic heterocycles. The fraction of sp³-hybridized carbons (Fsp3) is 0.381. The minimum absolute atomic E-state index is 0.0508. The highest BCUT2D eigenvalue weighted by Crippen LogP contribution is 2.31. The van der Waals surface area contributed by atoms with Crippen molar-refractivity contribution in [3.05, 3.63) is 59.2 Å². The van der Waals surface area contributed by atoms with E-state index in [0.29, 0.717) is 13.2 Å². The summed E-state index contributed by atoms with van der Waals surface area (Å²) >= 11 is 0. The third-order valence-electron chi connectivity index (χ3n) is 5.16. The normalized spacial score (nSPS) is 18.8. The Morgan fingerprint density at radius 2 is 2.11 bits per heavy atom. The van der Waals surface area contributed by atoms with Crippen LogP contribution in [0.25, 0.3) is 0 Å². The molecule has 0 radical (unpaired) electrons. The van der Waals surface area contributed by atoms with Gasteiger partial charge < -0.3 is 14.8 Å². The quantitative estimate of drug-likeness (QED) is 0.854. The van der Waals surface area contributed by atoms with E-state index in [-0.39, 0.29) is 24.2 Å². The van der Waals surface area contributed by atoms with Gasteiger partial charge in [0.2, 0.25) is 5.91 Å². The number of nitrogens with zero attached hydrogens (tertiary/aromatic N) is 1. The van der Waals surface area contributed by atoms with Crippen LogP contribution in [0.2, 0.25) is 0 Å². The van der Waals surface area contributed by atoms with E-state index in [4.69, 9.17) is 4.74 Å². The van der Waals surface area contributed by atoms with Crippen molar-refractivity contribution in [1.29, 1.82) is 0 Å². The van der Waals surface area contributed by atoms with Gasteiger partial charge in [-0.1, -0.05) is 24.3 Å². The fourth-order valence-corrected chi connectivity index (χ4v) is 3.84. The lowest BCUT2D eigenvalue weighted by atomic mass is 9.99. The Balaban J connectivity index is 1.37. The number of fused-ring (bicyclic) bond motifs is 2. The molecule has 0 aromatic heterocycles. The maximum atomic E-state index is 12.6. The number of carbonyl (C=O) groups excluding carboxylic acids is 1. The average Bonchev–Trinajstić information content (AvgIpc) is 2.67. The van der Waals surface area contributed by atoms with Crippen molar-refractivity contribution < 1.29 is 23.0 Å². The maximum Gasteiger partial charge on any atom is 0.387 e. The zero-order chi connectivity index (χ0) is 19.5. The molecular weight excluding hydrogens is 366 g/mol. The first-order valence-electron chi connectivity index (χ1n) is 9.38. The smallest absolute Gasteiger partial charge is 0.387 e. The number of carbonyl (C=O) groups is 1. The Hall–Kier alpha value is -2.67. The minimum Gasteiger partial charge on any atom is -0.493 e. The molecule has 28 heavy (non-hydrogen) atoms. The molecule has 0 aliphatic carbocycles. The Morgan fingerprint density at radius 1 is 1.25 bits per heavy atom. The number of rotatable bonds is 5. The first-order valence-corrected chi connectivity index (χ1v) is 9.38. The van der Waals surface area contributed by atoms with Crippen molar-refractivity contribution in [3.63, 3.8) is 0 Å². The van der Waals surface area contributed by atoms with Gasteiger partial charge >= 0.3 is 6.61 Å². The number of hydrogen-bond donors (Lipinski definition) is 1. The SMILES string of the molecule is O=C(CN1CCc2ccc(OC(F)F)cc2C1)N[C@@H]1CCOc2ccccc21. The molecule has 148 valence electrons. The lowest BCUT2D eigenvalue weighted by Gasteiger charge is -2.30. The molecule has 7 heteroatoms. The summed E-state index contributed by atoms with van der Waals surface area (Å²) in [4.78, 5) is 14.6. The molecule has 2 aromatic rings. The number of para-hydroxylation sites is 1. The van der Waals surface area contributed by atoms with Gasteiger partial charge in [0.1, 0.15) is 11.5 Å². The standard InChI is InChI=1S/C21H22F2N2O3/c22-21(23)28-16-6-5-14-7-9-25(12-15(14)11-16)13-20(26)24-18-8-10-27-19-4-2-1-3-17(18)19/h1-6,11,18,21H,7-10,12-13H2,(H,24,26)/t18-/m1/s1. The van der Waals surface area contributed by atoms with Crippen LogP contribution in [0.3, 0.4) is 0 Å². The summed E-state index contributed by atoms with van der Waals surface area (Å²) in [5, 5.41) is 3.10. The molecule has 2 heterocycles. The summed E-state index contributed by atoms with van der Waals surface area (Å²) in [5.74, 6) is 0.918. The van der Waals surface area contributed by atoms with Gasteiger partial charge in [-0.2, -0.15) is 8.78 Å². The van der Waals surface area contributed by atoms with Gasteiger partial charge in [-0.25, -0.2) is 0 Å². The zero-order valence-electron chi connectivity index (χ0n) is 15.4. The van der Waals surface area contributed by atoms with Crippen LogP contribution in [0.1, 0.15) is 29.2 Å². The second-order valence-corrected chi connectivity index (χ2v) is 7.06. The lowest BCUT2D eigenvalue weighted by Crippen LogP contribution is -2.42. The molecule has 0 unspecified atom stereocenters. The van der Waals surface area contributed by atoms with Crippen LogP contribution in [0.4, 0.5) is 8.78 Å².